The standard InChI is InChI=1S/C14H13BrN4O2/c15-10-1-2-12-9(5-14(20)21-13(12)6-10)7-19-8-11(3-4-16)17-18-19/h1-2,5-6,8H,3-4,7,16H2. The van der Waals surface area contributed by atoms with Crippen molar-refractivity contribution in [1.82, 2.24) is 15.0 Å². The number of halogens is 1. The summed E-state index contributed by atoms with van der Waals surface area (Å²) in [5.74, 6) is 0. The molecule has 0 atom stereocenters. The first-order chi connectivity index (χ1) is 10.2. The van der Waals surface area contributed by atoms with E-state index in [0.29, 0.717) is 25.1 Å². The molecule has 0 fully saturated rings. The quantitative estimate of drug-likeness (QED) is 0.725. The molecule has 0 unspecified atom stereocenters. The van der Waals surface area contributed by atoms with Crippen LogP contribution in [0.3, 0.4) is 0 Å². The molecule has 7 heteroatoms. The van der Waals surface area contributed by atoms with Crippen molar-refractivity contribution in [2.75, 3.05) is 6.54 Å². The number of benzene rings is 1. The summed E-state index contributed by atoms with van der Waals surface area (Å²) in [7, 11) is 0. The molecule has 2 heterocycles. The van der Waals surface area contributed by atoms with Crippen LogP contribution in [-0.4, -0.2) is 21.5 Å². The Kier molecular flexibility index (Phi) is 3.85. The highest BCUT2D eigenvalue weighted by molar-refractivity contribution is 9.10. The lowest BCUT2D eigenvalue weighted by atomic mass is 10.1. The van der Waals surface area contributed by atoms with Crippen molar-refractivity contribution in [1.29, 1.82) is 0 Å². The molecule has 0 bridgehead atoms. The van der Waals surface area contributed by atoms with Crippen LogP contribution in [0.4, 0.5) is 0 Å². The van der Waals surface area contributed by atoms with Gasteiger partial charge >= 0.3 is 5.63 Å². The molecule has 0 aliphatic rings. The highest BCUT2D eigenvalue weighted by Crippen LogP contribution is 2.22. The van der Waals surface area contributed by atoms with Crippen LogP contribution >= 0.6 is 15.9 Å². The minimum Gasteiger partial charge on any atom is -0.423 e. The van der Waals surface area contributed by atoms with Crippen LogP contribution in [0.15, 0.2) is 44.1 Å². The van der Waals surface area contributed by atoms with Crippen molar-refractivity contribution in [3.63, 3.8) is 0 Å². The Morgan fingerprint density at radius 2 is 2.19 bits per heavy atom. The summed E-state index contributed by atoms with van der Waals surface area (Å²) < 4.78 is 7.78. The molecular formula is C14H13BrN4O2. The van der Waals surface area contributed by atoms with Gasteiger partial charge in [0.05, 0.1) is 12.2 Å². The Balaban J connectivity index is 2.01. The molecule has 2 aromatic heterocycles. The van der Waals surface area contributed by atoms with Gasteiger partial charge in [0, 0.05) is 28.5 Å². The van der Waals surface area contributed by atoms with Crippen LogP contribution < -0.4 is 11.4 Å². The van der Waals surface area contributed by atoms with Gasteiger partial charge in [-0.3, -0.25) is 0 Å². The Morgan fingerprint density at radius 1 is 1.33 bits per heavy atom. The molecule has 6 nitrogen and oxygen atoms in total. The number of nitrogens with two attached hydrogens (primary N) is 1. The van der Waals surface area contributed by atoms with E-state index in [0.717, 1.165) is 21.1 Å². The average Bonchev–Trinajstić information content (AvgIpc) is 2.85. The van der Waals surface area contributed by atoms with E-state index in [-0.39, 0.29) is 5.63 Å². The van der Waals surface area contributed by atoms with E-state index in [1.807, 2.05) is 18.3 Å². The van der Waals surface area contributed by atoms with Gasteiger partial charge in [-0.25, -0.2) is 9.48 Å². The molecule has 0 radical (unpaired) electrons. The predicted molar refractivity (Wildman–Crippen MR) is 82.1 cm³/mol. The molecule has 0 amide bonds. The van der Waals surface area contributed by atoms with Gasteiger partial charge < -0.3 is 10.2 Å². The SMILES string of the molecule is NCCc1cn(Cc2cc(=O)oc3cc(Br)ccc23)nn1. The Hall–Kier alpha value is -1.99. The second-order valence-electron chi connectivity index (χ2n) is 4.68. The van der Waals surface area contributed by atoms with Crippen molar-refractivity contribution in [2.45, 2.75) is 13.0 Å². The maximum Gasteiger partial charge on any atom is 0.336 e. The molecule has 2 N–H and O–H groups in total. The van der Waals surface area contributed by atoms with Gasteiger partial charge in [0.25, 0.3) is 0 Å². The fourth-order valence-corrected chi connectivity index (χ4v) is 2.53. The van der Waals surface area contributed by atoms with Crippen LogP contribution in [0.25, 0.3) is 11.0 Å². The van der Waals surface area contributed by atoms with Crippen LogP contribution in [0.1, 0.15) is 11.3 Å². The molecule has 108 valence electrons. The van der Waals surface area contributed by atoms with E-state index >= 15 is 0 Å². The van der Waals surface area contributed by atoms with Crippen LogP contribution in [0, 0.1) is 0 Å². The summed E-state index contributed by atoms with van der Waals surface area (Å²) in [4.78, 5) is 11.7. The van der Waals surface area contributed by atoms with E-state index in [1.54, 1.807) is 10.7 Å². The van der Waals surface area contributed by atoms with Crippen LogP contribution in [0.2, 0.25) is 0 Å². The van der Waals surface area contributed by atoms with Gasteiger partial charge in [-0.05, 0) is 30.3 Å². The summed E-state index contributed by atoms with van der Waals surface area (Å²) in [6.45, 7) is 0.992. The fraction of sp³-hybridized carbons (Fsp3) is 0.214. The van der Waals surface area contributed by atoms with Gasteiger partial charge in [0.1, 0.15) is 5.58 Å². The number of fused-ring (bicyclic) bond motifs is 1. The first-order valence-electron chi connectivity index (χ1n) is 6.47. The lowest BCUT2D eigenvalue weighted by Gasteiger charge is -2.05. The Bertz CT molecular complexity index is 840. The first-order valence-corrected chi connectivity index (χ1v) is 7.26. The summed E-state index contributed by atoms with van der Waals surface area (Å²) in [5, 5.41) is 8.98. The first kappa shape index (κ1) is 14.0. The zero-order valence-electron chi connectivity index (χ0n) is 11.1. The van der Waals surface area contributed by atoms with Gasteiger partial charge in [-0.1, -0.05) is 21.1 Å². The van der Waals surface area contributed by atoms with Crippen LogP contribution in [0.5, 0.6) is 0 Å². The number of rotatable bonds is 4. The minimum absolute atomic E-state index is 0.377. The lowest BCUT2D eigenvalue weighted by Crippen LogP contribution is -2.06. The number of nitrogens with zero attached hydrogens (tertiary/aromatic N) is 3. The zero-order chi connectivity index (χ0) is 14.8. The number of aromatic nitrogens is 3. The molecule has 0 saturated carbocycles. The van der Waals surface area contributed by atoms with Crippen molar-refractivity contribution < 1.29 is 4.42 Å². The van der Waals surface area contributed by atoms with Gasteiger partial charge in [-0.15, -0.1) is 5.10 Å². The van der Waals surface area contributed by atoms with E-state index < -0.39 is 0 Å². The lowest BCUT2D eigenvalue weighted by molar-refractivity contribution is 0.555. The molecule has 21 heavy (non-hydrogen) atoms. The maximum absolute atomic E-state index is 11.7. The normalized spacial score (nSPS) is 11.1. The fourth-order valence-electron chi connectivity index (χ4n) is 2.19. The molecule has 0 spiro atoms. The highest BCUT2D eigenvalue weighted by atomic mass is 79.9. The van der Waals surface area contributed by atoms with Crippen molar-refractivity contribution in [3.8, 4) is 0 Å². The summed E-state index contributed by atoms with van der Waals surface area (Å²) in [5.41, 5.74) is 7.35. The molecule has 0 aliphatic heterocycles. The minimum atomic E-state index is -0.377. The third-order valence-corrected chi connectivity index (χ3v) is 3.60. The van der Waals surface area contributed by atoms with Crippen molar-refractivity contribution >= 4 is 26.9 Å². The van der Waals surface area contributed by atoms with E-state index in [4.69, 9.17) is 10.2 Å². The van der Waals surface area contributed by atoms with E-state index in [9.17, 15) is 4.79 Å². The Labute approximate surface area is 128 Å². The van der Waals surface area contributed by atoms with E-state index in [1.165, 1.54) is 6.07 Å². The highest BCUT2D eigenvalue weighted by Gasteiger charge is 2.08. The van der Waals surface area contributed by atoms with Crippen molar-refractivity contribution in [2.24, 2.45) is 5.73 Å². The maximum atomic E-state index is 11.7. The van der Waals surface area contributed by atoms with E-state index in [2.05, 4.69) is 26.2 Å². The number of hydrogen-bond acceptors (Lipinski definition) is 5. The third kappa shape index (κ3) is 3.03. The monoisotopic (exact) mass is 348 g/mol. The Morgan fingerprint density at radius 3 is 3.00 bits per heavy atom. The summed E-state index contributed by atoms with van der Waals surface area (Å²) in [6.07, 6.45) is 2.52. The molecule has 3 aromatic rings. The van der Waals surface area contributed by atoms with Gasteiger partial charge in [0.2, 0.25) is 0 Å². The number of hydrogen-bond donors (Lipinski definition) is 1. The van der Waals surface area contributed by atoms with Gasteiger partial charge in [-0.2, -0.15) is 0 Å². The van der Waals surface area contributed by atoms with Gasteiger partial charge in [0.15, 0.2) is 0 Å². The zero-order valence-corrected chi connectivity index (χ0v) is 12.7. The summed E-state index contributed by atoms with van der Waals surface area (Å²) in [6, 6.07) is 7.09. The van der Waals surface area contributed by atoms with Crippen molar-refractivity contribution in [3.05, 3.63) is 56.6 Å². The molecule has 0 aliphatic carbocycles. The van der Waals surface area contributed by atoms with Crippen LogP contribution in [-0.2, 0) is 13.0 Å². The summed E-state index contributed by atoms with van der Waals surface area (Å²) >= 11 is 3.37. The molecular weight excluding hydrogens is 336 g/mol. The topological polar surface area (TPSA) is 86.9 Å². The second kappa shape index (κ2) is 5.79. The second-order valence-corrected chi connectivity index (χ2v) is 5.59. The largest absolute Gasteiger partial charge is 0.423 e. The smallest absolute Gasteiger partial charge is 0.336 e. The third-order valence-electron chi connectivity index (χ3n) is 3.11. The molecule has 1 aromatic carbocycles. The predicted octanol–water partition coefficient (Wildman–Crippen LogP) is 1.70. The average molecular weight is 349 g/mol. The molecule has 0 saturated heterocycles. The molecule has 3 rings (SSSR count).